The van der Waals surface area contributed by atoms with Crippen molar-refractivity contribution in [2.45, 2.75) is 20.8 Å². The minimum absolute atomic E-state index is 0.197. The van der Waals surface area contributed by atoms with Gasteiger partial charge in [-0.1, -0.05) is 6.07 Å². The fourth-order valence-electron chi connectivity index (χ4n) is 2.24. The van der Waals surface area contributed by atoms with Crippen LogP contribution in [-0.2, 0) is 4.74 Å². The highest BCUT2D eigenvalue weighted by molar-refractivity contribution is 6.04. The average molecular weight is 312 g/mol. The molecule has 0 saturated heterocycles. The highest BCUT2D eigenvalue weighted by Gasteiger charge is 2.08. The maximum absolute atomic E-state index is 12.2. The van der Waals surface area contributed by atoms with Crippen molar-refractivity contribution >= 4 is 23.4 Å². The fourth-order valence-corrected chi connectivity index (χ4v) is 2.24. The standard InChI is InChI=1S/C18H20N2O3/c1-4-23-18(22)20-15-7-5-14(6-8-15)17(21)19-16-10-12(2)9-13(3)11-16/h5-11H,4H2,1-3H3,(H,19,21)(H,20,22). The highest BCUT2D eigenvalue weighted by atomic mass is 16.5. The van der Waals surface area contributed by atoms with Crippen molar-refractivity contribution in [3.05, 3.63) is 59.2 Å². The number of benzene rings is 2. The Kier molecular flexibility index (Phi) is 5.36. The number of carbonyl (C=O) groups is 2. The van der Waals surface area contributed by atoms with Gasteiger partial charge in [-0.25, -0.2) is 4.79 Å². The van der Waals surface area contributed by atoms with Gasteiger partial charge in [0, 0.05) is 16.9 Å². The Morgan fingerprint density at radius 3 is 2.09 bits per heavy atom. The molecule has 2 aromatic carbocycles. The van der Waals surface area contributed by atoms with Crippen LogP contribution in [0.2, 0.25) is 0 Å². The van der Waals surface area contributed by atoms with Crippen molar-refractivity contribution in [1.29, 1.82) is 0 Å². The second kappa shape index (κ2) is 7.45. The van der Waals surface area contributed by atoms with Gasteiger partial charge in [-0.15, -0.1) is 0 Å². The molecule has 120 valence electrons. The molecule has 0 spiro atoms. The summed E-state index contributed by atoms with van der Waals surface area (Å²) in [5.41, 5.74) is 4.04. The summed E-state index contributed by atoms with van der Waals surface area (Å²) >= 11 is 0. The molecule has 0 fully saturated rings. The van der Waals surface area contributed by atoms with Gasteiger partial charge in [0.1, 0.15) is 0 Å². The zero-order valence-electron chi connectivity index (χ0n) is 13.5. The lowest BCUT2D eigenvalue weighted by molar-refractivity contribution is 0.102. The SMILES string of the molecule is CCOC(=O)Nc1ccc(C(=O)Nc2cc(C)cc(C)c2)cc1. The molecule has 23 heavy (non-hydrogen) atoms. The van der Waals surface area contributed by atoms with Gasteiger partial charge < -0.3 is 10.1 Å². The Balaban J connectivity index is 2.03. The van der Waals surface area contributed by atoms with Crippen LogP contribution in [0.25, 0.3) is 0 Å². The monoisotopic (exact) mass is 312 g/mol. The van der Waals surface area contributed by atoms with E-state index >= 15 is 0 Å². The van der Waals surface area contributed by atoms with Gasteiger partial charge in [0.25, 0.3) is 5.91 Å². The van der Waals surface area contributed by atoms with Crippen molar-refractivity contribution in [3.8, 4) is 0 Å². The molecular weight excluding hydrogens is 292 g/mol. The van der Waals surface area contributed by atoms with E-state index in [0.717, 1.165) is 16.8 Å². The van der Waals surface area contributed by atoms with Crippen LogP contribution >= 0.6 is 0 Å². The lowest BCUT2D eigenvalue weighted by atomic mass is 10.1. The first kappa shape index (κ1) is 16.5. The molecule has 0 aliphatic carbocycles. The zero-order chi connectivity index (χ0) is 16.8. The van der Waals surface area contributed by atoms with Crippen LogP contribution in [0, 0.1) is 13.8 Å². The summed E-state index contributed by atoms with van der Waals surface area (Å²) in [6.07, 6.45) is -0.514. The molecule has 2 N–H and O–H groups in total. The highest BCUT2D eigenvalue weighted by Crippen LogP contribution is 2.16. The lowest BCUT2D eigenvalue weighted by Gasteiger charge is -2.09. The van der Waals surface area contributed by atoms with E-state index in [0.29, 0.717) is 17.9 Å². The van der Waals surface area contributed by atoms with E-state index in [1.807, 2.05) is 32.0 Å². The van der Waals surface area contributed by atoms with Crippen molar-refractivity contribution in [1.82, 2.24) is 0 Å². The second-order valence-electron chi connectivity index (χ2n) is 5.25. The Labute approximate surface area is 135 Å². The number of aryl methyl sites for hydroxylation is 2. The van der Waals surface area contributed by atoms with Gasteiger partial charge in [-0.05, 0) is 68.3 Å². The van der Waals surface area contributed by atoms with Crippen LogP contribution in [0.5, 0.6) is 0 Å². The third-order valence-electron chi connectivity index (χ3n) is 3.15. The largest absolute Gasteiger partial charge is 0.450 e. The first-order valence-corrected chi connectivity index (χ1v) is 7.41. The quantitative estimate of drug-likeness (QED) is 0.892. The average Bonchev–Trinajstić information content (AvgIpc) is 2.47. The molecule has 0 saturated carbocycles. The Morgan fingerprint density at radius 1 is 0.913 bits per heavy atom. The van der Waals surface area contributed by atoms with Crippen molar-refractivity contribution in [2.24, 2.45) is 0 Å². The minimum Gasteiger partial charge on any atom is -0.450 e. The maximum Gasteiger partial charge on any atom is 0.411 e. The molecule has 0 aromatic heterocycles. The van der Waals surface area contributed by atoms with Gasteiger partial charge in [0.15, 0.2) is 0 Å². The van der Waals surface area contributed by atoms with Crippen LogP contribution in [0.3, 0.4) is 0 Å². The van der Waals surface area contributed by atoms with Gasteiger partial charge in [-0.2, -0.15) is 0 Å². The summed E-state index contributed by atoms with van der Waals surface area (Å²) in [5, 5.41) is 5.45. The van der Waals surface area contributed by atoms with Crippen molar-refractivity contribution < 1.29 is 14.3 Å². The van der Waals surface area contributed by atoms with Crippen LogP contribution < -0.4 is 10.6 Å². The summed E-state index contributed by atoms with van der Waals surface area (Å²) in [6, 6.07) is 12.5. The first-order chi connectivity index (χ1) is 11.0. The smallest absolute Gasteiger partial charge is 0.411 e. The van der Waals surface area contributed by atoms with Gasteiger partial charge >= 0.3 is 6.09 Å². The normalized spacial score (nSPS) is 10.0. The van der Waals surface area contributed by atoms with Crippen molar-refractivity contribution in [3.63, 3.8) is 0 Å². The van der Waals surface area contributed by atoms with E-state index in [-0.39, 0.29) is 5.91 Å². The Hall–Kier alpha value is -2.82. The third-order valence-corrected chi connectivity index (χ3v) is 3.15. The number of carbonyl (C=O) groups excluding carboxylic acids is 2. The van der Waals surface area contributed by atoms with E-state index in [1.165, 1.54) is 0 Å². The summed E-state index contributed by atoms with van der Waals surface area (Å²) < 4.78 is 4.80. The third kappa shape index (κ3) is 4.85. The number of amides is 2. The number of ether oxygens (including phenoxy) is 1. The Bertz CT molecular complexity index is 688. The molecule has 0 unspecified atom stereocenters. The second-order valence-corrected chi connectivity index (χ2v) is 5.25. The van der Waals surface area contributed by atoms with Crippen LogP contribution in [-0.4, -0.2) is 18.6 Å². The van der Waals surface area contributed by atoms with Crippen LogP contribution in [0.1, 0.15) is 28.4 Å². The predicted octanol–water partition coefficient (Wildman–Crippen LogP) is 4.12. The lowest BCUT2D eigenvalue weighted by Crippen LogP contribution is -2.14. The number of anilines is 2. The van der Waals surface area contributed by atoms with Gasteiger partial charge in [-0.3, -0.25) is 10.1 Å². The summed E-state index contributed by atoms with van der Waals surface area (Å²) in [6.45, 7) is 6.01. The summed E-state index contributed by atoms with van der Waals surface area (Å²) in [5.74, 6) is -0.197. The molecule has 0 aliphatic rings. The van der Waals surface area contributed by atoms with E-state index in [9.17, 15) is 9.59 Å². The topological polar surface area (TPSA) is 67.4 Å². The summed E-state index contributed by atoms with van der Waals surface area (Å²) in [7, 11) is 0. The first-order valence-electron chi connectivity index (χ1n) is 7.41. The number of hydrogen-bond donors (Lipinski definition) is 2. The molecule has 5 nitrogen and oxygen atoms in total. The predicted molar refractivity (Wildman–Crippen MR) is 91.0 cm³/mol. The molecule has 2 aromatic rings. The van der Waals surface area contributed by atoms with Crippen molar-refractivity contribution in [2.75, 3.05) is 17.2 Å². The molecule has 0 atom stereocenters. The number of nitrogens with one attached hydrogen (secondary N) is 2. The van der Waals surface area contributed by atoms with Crippen LogP contribution in [0.4, 0.5) is 16.2 Å². The molecular formula is C18H20N2O3. The van der Waals surface area contributed by atoms with E-state index in [2.05, 4.69) is 10.6 Å². The Morgan fingerprint density at radius 2 is 1.52 bits per heavy atom. The molecule has 2 amide bonds. The summed E-state index contributed by atoms with van der Waals surface area (Å²) in [4.78, 5) is 23.6. The molecule has 0 heterocycles. The number of rotatable bonds is 4. The molecule has 0 radical (unpaired) electrons. The minimum atomic E-state index is -0.514. The molecule has 2 rings (SSSR count). The van der Waals surface area contributed by atoms with E-state index in [1.54, 1.807) is 31.2 Å². The maximum atomic E-state index is 12.2. The van der Waals surface area contributed by atoms with Gasteiger partial charge in [0.05, 0.1) is 6.61 Å². The van der Waals surface area contributed by atoms with Crippen LogP contribution in [0.15, 0.2) is 42.5 Å². The van der Waals surface area contributed by atoms with E-state index < -0.39 is 6.09 Å². The zero-order valence-corrected chi connectivity index (χ0v) is 13.5. The molecule has 0 aliphatic heterocycles. The molecule has 0 bridgehead atoms. The fraction of sp³-hybridized carbons (Fsp3) is 0.222. The number of hydrogen-bond acceptors (Lipinski definition) is 3. The van der Waals surface area contributed by atoms with Gasteiger partial charge in [0.2, 0.25) is 0 Å². The van der Waals surface area contributed by atoms with E-state index in [4.69, 9.17) is 4.74 Å². The molecule has 5 heteroatoms.